The minimum Gasteiger partial charge on any atom is -0.394 e. The number of hydrogen-bond donors (Lipinski definition) is 2. The molecule has 1 aromatic rings. The number of carbonyl (C=O) groups excluding carboxylic acids is 1. The number of amides is 1. The van der Waals surface area contributed by atoms with E-state index in [4.69, 9.17) is 5.73 Å². The number of pyridine rings is 1. The number of nitrogen functional groups attached to an aromatic ring is 1. The fraction of sp³-hybridized carbons (Fsp3) is 0.333. The summed E-state index contributed by atoms with van der Waals surface area (Å²) in [5.74, 6) is -0.224. The van der Waals surface area contributed by atoms with Crippen molar-refractivity contribution < 1.29 is 4.79 Å². The smallest absolute Gasteiger partial charge is 0.274 e. The molecule has 0 radical (unpaired) electrons. The number of rotatable bonds is 2. The molecule has 1 atom stereocenters. The van der Waals surface area contributed by atoms with Gasteiger partial charge in [0.05, 0.1) is 5.69 Å². The minimum absolute atomic E-state index is 0.142. The summed E-state index contributed by atoms with van der Waals surface area (Å²) < 4.78 is 1.30. The van der Waals surface area contributed by atoms with Gasteiger partial charge in [-0.15, -0.1) is 0 Å². The van der Waals surface area contributed by atoms with E-state index >= 15 is 0 Å². The zero-order valence-corrected chi connectivity index (χ0v) is 8.15. The summed E-state index contributed by atoms with van der Waals surface area (Å²) in [6, 6.07) is 2.60. The van der Waals surface area contributed by atoms with Crippen LogP contribution >= 0.6 is 0 Å². The molecule has 3 N–H and O–H groups in total. The highest BCUT2D eigenvalue weighted by atomic mass is 16.2. The molecule has 1 aromatic heterocycles. The Balaban J connectivity index is 3.14. The van der Waals surface area contributed by atoms with Gasteiger partial charge in [0.1, 0.15) is 6.04 Å². The van der Waals surface area contributed by atoms with Crippen LogP contribution in [-0.2, 0) is 4.79 Å². The number of aromatic nitrogens is 1. The first-order valence-electron chi connectivity index (χ1n) is 4.26. The van der Waals surface area contributed by atoms with E-state index in [0.717, 1.165) is 0 Å². The van der Waals surface area contributed by atoms with Gasteiger partial charge in [-0.05, 0) is 19.1 Å². The molecule has 0 spiro atoms. The zero-order valence-electron chi connectivity index (χ0n) is 8.15. The SMILES string of the molecule is CNC(=O)[C@@H](C)n1cccc(N)c1=O. The summed E-state index contributed by atoms with van der Waals surface area (Å²) in [5, 5.41) is 2.47. The third kappa shape index (κ3) is 1.76. The number of hydrogen-bond acceptors (Lipinski definition) is 3. The molecule has 0 saturated carbocycles. The summed E-state index contributed by atoms with van der Waals surface area (Å²) in [6.07, 6.45) is 1.54. The Morgan fingerprint density at radius 2 is 2.29 bits per heavy atom. The molecule has 0 unspecified atom stereocenters. The third-order valence-electron chi connectivity index (χ3n) is 2.05. The topological polar surface area (TPSA) is 77.1 Å². The van der Waals surface area contributed by atoms with E-state index in [9.17, 15) is 9.59 Å². The van der Waals surface area contributed by atoms with Crippen LogP contribution in [0.15, 0.2) is 23.1 Å². The standard InChI is InChI=1S/C9H13N3O2/c1-6(8(13)11-2)12-5-3-4-7(10)9(12)14/h3-6H,10H2,1-2H3,(H,11,13)/t6-/m1/s1. The summed E-state index contributed by atoms with van der Waals surface area (Å²) in [5.41, 5.74) is 5.23. The van der Waals surface area contributed by atoms with Gasteiger partial charge in [0.25, 0.3) is 5.56 Å². The highest BCUT2D eigenvalue weighted by Crippen LogP contribution is 2.03. The molecule has 0 saturated heterocycles. The normalized spacial score (nSPS) is 12.1. The molecule has 1 heterocycles. The van der Waals surface area contributed by atoms with Crippen molar-refractivity contribution in [2.45, 2.75) is 13.0 Å². The number of anilines is 1. The van der Waals surface area contributed by atoms with E-state index in [-0.39, 0.29) is 17.2 Å². The molecule has 76 valence electrons. The highest BCUT2D eigenvalue weighted by molar-refractivity contribution is 5.79. The van der Waals surface area contributed by atoms with E-state index in [0.29, 0.717) is 0 Å². The van der Waals surface area contributed by atoms with Crippen LogP contribution in [0, 0.1) is 0 Å². The van der Waals surface area contributed by atoms with E-state index < -0.39 is 6.04 Å². The van der Waals surface area contributed by atoms with Crippen LogP contribution in [0.3, 0.4) is 0 Å². The van der Waals surface area contributed by atoms with Gasteiger partial charge in [0.15, 0.2) is 0 Å². The molecule has 5 heteroatoms. The number of likely N-dealkylation sites (N-methyl/N-ethyl adjacent to an activating group) is 1. The van der Waals surface area contributed by atoms with Crippen molar-refractivity contribution >= 4 is 11.6 Å². The Morgan fingerprint density at radius 3 is 2.86 bits per heavy atom. The van der Waals surface area contributed by atoms with Crippen LogP contribution in [0.25, 0.3) is 0 Å². The van der Waals surface area contributed by atoms with Crippen LogP contribution in [-0.4, -0.2) is 17.5 Å². The molecular formula is C9H13N3O2. The van der Waals surface area contributed by atoms with Gasteiger partial charge < -0.3 is 15.6 Å². The predicted octanol–water partition coefficient (Wildman–Crippen LogP) is -0.263. The lowest BCUT2D eigenvalue weighted by Gasteiger charge is -2.13. The molecule has 0 aliphatic rings. The monoisotopic (exact) mass is 195 g/mol. The van der Waals surface area contributed by atoms with Gasteiger partial charge in [-0.25, -0.2) is 0 Å². The van der Waals surface area contributed by atoms with Crippen LogP contribution in [0.4, 0.5) is 5.69 Å². The number of nitrogens with two attached hydrogens (primary N) is 1. The van der Waals surface area contributed by atoms with Crippen molar-refractivity contribution in [3.05, 3.63) is 28.7 Å². The van der Waals surface area contributed by atoms with Gasteiger partial charge in [0, 0.05) is 13.2 Å². The minimum atomic E-state index is -0.545. The average Bonchev–Trinajstić information content (AvgIpc) is 2.20. The highest BCUT2D eigenvalue weighted by Gasteiger charge is 2.14. The van der Waals surface area contributed by atoms with Gasteiger partial charge in [0.2, 0.25) is 5.91 Å². The number of nitrogens with zero attached hydrogens (tertiary/aromatic N) is 1. The molecule has 1 amide bonds. The Bertz CT molecular complexity index is 397. The van der Waals surface area contributed by atoms with Gasteiger partial charge in [-0.1, -0.05) is 0 Å². The molecule has 0 aliphatic heterocycles. The molecule has 5 nitrogen and oxygen atoms in total. The van der Waals surface area contributed by atoms with E-state index in [2.05, 4.69) is 5.32 Å². The third-order valence-corrected chi connectivity index (χ3v) is 2.05. The van der Waals surface area contributed by atoms with Gasteiger partial charge >= 0.3 is 0 Å². The number of nitrogens with one attached hydrogen (secondary N) is 1. The second-order valence-corrected chi connectivity index (χ2v) is 2.97. The first-order chi connectivity index (χ1) is 6.57. The van der Waals surface area contributed by atoms with Crippen molar-refractivity contribution in [1.29, 1.82) is 0 Å². The van der Waals surface area contributed by atoms with Crippen molar-refractivity contribution in [1.82, 2.24) is 9.88 Å². The fourth-order valence-corrected chi connectivity index (χ4v) is 1.17. The Hall–Kier alpha value is -1.78. The van der Waals surface area contributed by atoms with Crippen molar-refractivity contribution in [2.24, 2.45) is 0 Å². The van der Waals surface area contributed by atoms with Crippen molar-refractivity contribution in [2.75, 3.05) is 12.8 Å². The molecule has 1 rings (SSSR count). The van der Waals surface area contributed by atoms with E-state index in [1.165, 1.54) is 17.7 Å². The van der Waals surface area contributed by atoms with Gasteiger partial charge in [-0.2, -0.15) is 0 Å². The quantitative estimate of drug-likeness (QED) is 0.682. The zero-order chi connectivity index (χ0) is 10.7. The van der Waals surface area contributed by atoms with Crippen LogP contribution in [0.1, 0.15) is 13.0 Å². The maximum atomic E-state index is 11.5. The Kier molecular flexibility index (Phi) is 2.91. The van der Waals surface area contributed by atoms with Gasteiger partial charge in [-0.3, -0.25) is 9.59 Å². The fourth-order valence-electron chi connectivity index (χ4n) is 1.17. The molecule has 14 heavy (non-hydrogen) atoms. The Morgan fingerprint density at radius 1 is 1.64 bits per heavy atom. The van der Waals surface area contributed by atoms with Crippen molar-refractivity contribution in [3.63, 3.8) is 0 Å². The lowest BCUT2D eigenvalue weighted by atomic mass is 10.3. The molecule has 0 fully saturated rings. The maximum Gasteiger partial charge on any atom is 0.274 e. The van der Waals surface area contributed by atoms with E-state index in [1.807, 2.05) is 0 Å². The van der Waals surface area contributed by atoms with Crippen LogP contribution < -0.4 is 16.6 Å². The van der Waals surface area contributed by atoms with Crippen LogP contribution in [0.2, 0.25) is 0 Å². The van der Waals surface area contributed by atoms with E-state index in [1.54, 1.807) is 19.2 Å². The molecule has 0 bridgehead atoms. The second kappa shape index (κ2) is 3.95. The van der Waals surface area contributed by atoms with Crippen LogP contribution in [0.5, 0.6) is 0 Å². The summed E-state index contributed by atoms with van der Waals surface area (Å²) in [6.45, 7) is 1.64. The predicted molar refractivity (Wildman–Crippen MR) is 53.9 cm³/mol. The maximum absolute atomic E-state index is 11.5. The lowest BCUT2D eigenvalue weighted by molar-refractivity contribution is -0.123. The Labute approximate surface area is 81.5 Å². The first-order valence-corrected chi connectivity index (χ1v) is 4.26. The summed E-state index contributed by atoms with van der Waals surface area (Å²) in [4.78, 5) is 22.8. The lowest BCUT2D eigenvalue weighted by Crippen LogP contribution is -2.34. The second-order valence-electron chi connectivity index (χ2n) is 2.97. The van der Waals surface area contributed by atoms with Crippen molar-refractivity contribution in [3.8, 4) is 0 Å². The molecule has 0 aromatic carbocycles. The largest absolute Gasteiger partial charge is 0.394 e. The number of carbonyl (C=O) groups is 1. The average molecular weight is 195 g/mol. The first kappa shape index (κ1) is 10.3. The molecule has 0 aliphatic carbocycles. The summed E-state index contributed by atoms with van der Waals surface area (Å²) >= 11 is 0. The molecular weight excluding hydrogens is 182 g/mol. The summed E-state index contributed by atoms with van der Waals surface area (Å²) in [7, 11) is 1.52.